The topological polar surface area (TPSA) is 50.4 Å². The number of ether oxygens (including phenoxy) is 1. The normalized spacial score (nSPS) is 22.3. The zero-order chi connectivity index (χ0) is 14.4. The van der Waals surface area contributed by atoms with E-state index in [-0.39, 0.29) is 11.3 Å². The maximum Gasteiger partial charge on any atom is 0.227 e. The largest absolute Gasteiger partial charge is 0.497 e. The van der Waals surface area contributed by atoms with Gasteiger partial charge < -0.3 is 15.4 Å². The van der Waals surface area contributed by atoms with Crippen LogP contribution in [0, 0.1) is 5.41 Å². The first-order valence-electron chi connectivity index (χ1n) is 7.32. The minimum absolute atomic E-state index is 0.169. The predicted octanol–water partition coefficient (Wildman–Crippen LogP) is 2.09. The fraction of sp³-hybridized carbons (Fsp3) is 0.562. The Kier molecular flexibility index (Phi) is 5.01. The van der Waals surface area contributed by atoms with Crippen LogP contribution in [-0.2, 0) is 11.3 Å². The Labute approximate surface area is 120 Å². The third-order valence-electron chi connectivity index (χ3n) is 4.24. The summed E-state index contributed by atoms with van der Waals surface area (Å²) in [5.41, 5.74) is 0.860. The molecule has 1 saturated heterocycles. The molecule has 1 aliphatic rings. The summed E-state index contributed by atoms with van der Waals surface area (Å²) in [5.74, 6) is 1.00. The van der Waals surface area contributed by atoms with Crippen molar-refractivity contribution in [3.05, 3.63) is 29.8 Å². The van der Waals surface area contributed by atoms with Crippen LogP contribution in [0.2, 0.25) is 0 Å². The van der Waals surface area contributed by atoms with Gasteiger partial charge in [-0.1, -0.05) is 19.1 Å². The van der Waals surface area contributed by atoms with Crippen LogP contribution in [-0.4, -0.2) is 26.1 Å². The maximum absolute atomic E-state index is 12.5. The van der Waals surface area contributed by atoms with Crippen molar-refractivity contribution < 1.29 is 9.53 Å². The van der Waals surface area contributed by atoms with Gasteiger partial charge in [0.05, 0.1) is 12.5 Å². The highest BCUT2D eigenvalue weighted by Gasteiger charge is 2.37. The lowest BCUT2D eigenvalue weighted by molar-refractivity contribution is -0.132. The molecule has 1 atom stereocenters. The van der Waals surface area contributed by atoms with Gasteiger partial charge in [0, 0.05) is 13.1 Å². The van der Waals surface area contributed by atoms with Gasteiger partial charge >= 0.3 is 0 Å². The number of methoxy groups -OCH3 is 1. The number of hydrogen-bond donors (Lipinski definition) is 2. The van der Waals surface area contributed by atoms with E-state index in [1.54, 1.807) is 7.11 Å². The van der Waals surface area contributed by atoms with Crippen LogP contribution in [0.4, 0.5) is 0 Å². The zero-order valence-corrected chi connectivity index (χ0v) is 12.4. The van der Waals surface area contributed by atoms with Crippen molar-refractivity contribution in [3.8, 4) is 5.75 Å². The summed E-state index contributed by atoms with van der Waals surface area (Å²) >= 11 is 0. The third-order valence-corrected chi connectivity index (χ3v) is 4.24. The van der Waals surface area contributed by atoms with E-state index in [1.807, 2.05) is 24.3 Å². The molecule has 20 heavy (non-hydrogen) atoms. The predicted molar refractivity (Wildman–Crippen MR) is 79.7 cm³/mol. The number of nitrogens with one attached hydrogen (secondary N) is 2. The molecule has 1 amide bonds. The monoisotopic (exact) mass is 276 g/mol. The van der Waals surface area contributed by atoms with E-state index in [0.29, 0.717) is 6.54 Å². The second kappa shape index (κ2) is 6.75. The number of carbonyl (C=O) groups is 1. The molecule has 0 saturated carbocycles. The molecular weight excluding hydrogens is 252 g/mol. The quantitative estimate of drug-likeness (QED) is 0.866. The summed E-state index contributed by atoms with van der Waals surface area (Å²) < 4.78 is 5.13. The van der Waals surface area contributed by atoms with E-state index in [1.165, 1.54) is 0 Å². The molecule has 0 bridgehead atoms. The lowest BCUT2D eigenvalue weighted by Gasteiger charge is -2.35. The van der Waals surface area contributed by atoms with Crippen molar-refractivity contribution in [2.45, 2.75) is 32.7 Å². The molecule has 0 aromatic heterocycles. The fourth-order valence-corrected chi connectivity index (χ4v) is 2.74. The Morgan fingerprint density at radius 1 is 1.40 bits per heavy atom. The van der Waals surface area contributed by atoms with Crippen molar-refractivity contribution in [1.29, 1.82) is 0 Å². The summed E-state index contributed by atoms with van der Waals surface area (Å²) in [5, 5.41) is 6.42. The summed E-state index contributed by atoms with van der Waals surface area (Å²) in [6.45, 7) is 4.48. The molecule has 2 N–H and O–H groups in total. The molecule has 1 unspecified atom stereocenters. The number of rotatable bonds is 5. The number of amides is 1. The molecule has 1 heterocycles. The van der Waals surface area contributed by atoms with Gasteiger partial charge in [0.15, 0.2) is 0 Å². The molecule has 4 nitrogen and oxygen atoms in total. The highest BCUT2D eigenvalue weighted by molar-refractivity contribution is 5.83. The van der Waals surface area contributed by atoms with Crippen molar-refractivity contribution in [3.63, 3.8) is 0 Å². The maximum atomic E-state index is 12.5. The standard InChI is InChI=1S/C16H24N2O2/c1-3-16(9-4-10-17-12-16)15(19)18-11-13-5-7-14(20-2)8-6-13/h5-8,17H,3-4,9-12H2,1-2H3,(H,18,19). The Balaban J connectivity index is 1.93. The van der Waals surface area contributed by atoms with Crippen LogP contribution in [0.15, 0.2) is 24.3 Å². The van der Waals surface area contributed by atoms with Gasteiger partial charge in [-0.15, -0.1) is 0 Å². The number of hydrogen-bond acceptors (Lipinski definition) is 3. The van der Waals surface area contributed by atoms with Gasteiger partial charge in [0.25, 0.3) is 0 Å². The third kappa shape index (κ3) is 3.31. The minimum Gasteiger partial charge on any atom is -0.497 e. The fourth-order valence-electron chi connectivity index (χ4n) is 2.74. The molecule has 110 valence electrons. The Hall–Kier alpha value is -1.55. The average Bonchev–Trinajstić information content (AvgIpc) is 2.53. The van der Waals surface area contributed by atoms with Gasteiger partial charge in [0.2, 0.25) is 5.91 Å². The first-order valence-corrected chi connectivity index (χ1v) is 7.32. The number of carbonyl (C=O) groups excluding carboxylic acids is 1. The van der Waals surface area contributed by atoms with E-state index in [0.717, 1.165) is 43.7 Å². The summed E-state index contributed by atoms with van der Waals surface area (Å²) in [6.07, 6.45) is 2.93. The van der Waals surface area contributed by atoms with Gasteiger partial charge in [-0.2, -0.15) is 0 Å². The molecule has 1 aromatic rings. The number of piperidine rings is 1. The van der Waals surface area contributed by atoms with Crippen LogP contribution < -0.4 is 15.4 Å². The lowest BCUT2D eigenvalue weighted by atomic mass is 9.77. The highest BCUT2D eigenvalue weighted by atomic mass is 16.5. The van der Waals surface area contributed by atoms with E-state index in [2.05, 4.69) is 17.6 Å². The van der Waals surface area contributed by atoms with Crippen molar-refractivity contribution in [2.24, 2.45) is 5.41 Å². The SMILES string of the molecule is CCC1(C(=O)NCc2ccc(OC)cc2)CCCNC1. The van der Waals surface area contributed by atoms with Gasteiger partial charge in [-0.05, 0) is 43.5 Å². The second-order valence-electron chi connectivity index (χ2n) is 5.44. The van der Waals surface area contributed by atoms with Crippen LogP contribution >= 0.6 is 0 Å². The average molecular weight is 276 g/mol. The van der Waals surface area contributed by atoms with E-state index >= 15 is 0 Å². The van der Waals surface area contributed by atoms with Crippen molar-refractivity contribution in [1.82, 2.24) is 10.6 Å². The molecule has 4 heteroatoms. The van der Waals surface area contributed by atoms with Gasteiger partial charge in [-0.25, -0.2) is 0 Å². The zero-order valence-electron chi connectivity index (χ0n) is 12.4. The van der Waals surface area contributed by atoms with Crippen LogP contribution in [0.5, 0.6) is 5.75 Å². The lowest BCUT2D eigenvalue weighted by Crippen LogP contribution is -2.50. The first kappa shape index (κ1) is 14.9. The second-order valence-corrected chi connectivity index (χ2v) is 5.44. The Morgan fingerprint density at radius 3 is 2.70 bits per heavy atom. The summed E-state index contributed by atoms with van der Waals surface area (Å²) in [7, 11) is 1.65. The van der Waals surface area contributed by atoms with Gasteiger partial charge in [0.1, 0.15) is 5.75 Å². The molecule has 0 spiro atoms. The highest BCUT2D eigenvalue weighted by Crippen LogP contribution is 2.30. The van der Waals surface area contributed by atoms with Gasteiger partial charge in [-0.3, -0.25) is 4.79 Å². The smallest absolute Gasteiger partial charge is 0.227 e. The van der Waals surface area contributed by atoms with E-state index in [4.69, 9.17) is 4.74 Å². The van der Waals surface area contributed by atoms with E-state index in [9.17, 15) is 4.79 Å². The minimum atomic E-state index is -0.231. The molecule has 0 radical (unpaired) electrons. The van der Waals surface area contributed by atoms with Crippen LogP contribution in [0.1, 0.15) is 31.7 Å². The number of benzene rings is 1. The van der Waals surface area contributed by atoms with E-state index < -0.39 is 0 Å². The molecule has 1 aliphatic heterocycles. The Bertz CT molecular complexity index is 436. The van der Waals surface area contributed by atoms with Crippen molar-refractivity contribution >= 4 is 5.91 Å². The summed E-state index contributed by atoms with van der Waals surface area (Å²) in [6, 6.07) is 7.80. The molecular formula is C16H24N2O2. The first-order chi connectivity index (χ1) is 9.70. The Morgan fingerprint density at radius 2 is 2.15 bits per heavy atom. The molecule has 0 aliphatic carbocycles. The van der Waals surface area contributed by atoms with Crippen molar-refractivity contribution in [2.75, 3.05) is 20.2 Å². The summed E-state index contributed by atoms with van der Waals surface area (Å²) in [4.78, 5) is 12.5. The van der Waals surface area contributed by atoms with Crippen LogP contribution in [0.25, 0.3) is 0 Å². The molecule has 1 aromatic carbocycles. The van der Waals surface area contributed by atoms with Crippen LogP contribution in [0.3, 0.4) is 0 Å². The molecule has 1 fully saturated rings. The molecule has 2 rings (SSSR count).